The topological polar surface area (TPSA) is 0 Å². The van der Waals surface area contributed by atoms with Gasteiger partial charge in [0.15, 0.2) is 0 Å². The van der Waals surface area contributed by atoms with Gasteiger partial charge >= 0.3 is 58.4 Å². The average Bonchev–Trinajstić information content (AvgIpc) is 1.81. The van der Waals surface area contributed by atoms with Gasteiger partial charge < -0.3 is 12.9 Å². The smallest absolute Gasteiger partial charge is 0.448 e. The maximum absolute atomic E-state index is 11.6. The van der Waals surface area contributed by atoms with Crippen LogP contribution in [0.4, 0.5) is 12.9 Å². The molecule has 0 aromatic carbocycles. The molecule has 0 amide bonds. The molecule has 0 heterocycles. The van der Waals surface area contributed by atoms with E-state index in [9.17, 15) is 12.9 Å². The van der Waals surface area contributed by atoms with Crippen LogP contribution >= 0.6 is 11.8 Å². The van der Waals surface area contributed by atoms with E-state index in [4.69, 9.17) is 0 Å². The van der Waals surface area contributed by atoms with Crippen LogP contribution in [0.1, 0.15) is 20.3 Å². The van der Waals surface area contributed by atoms with Gasteiger partial charge in [-0.2, -0.15) is 11.8 Å². The molecule has 1 unspecified atom stereocenters. The van der Waals surface area contributed by atoms with Crippen LogP contribution in [0, 0.1) is 0 Å². The first-order valence-corrected chi connectivity index (χ1v) is 4.33. The van der Waals surface area contributed by atoms with Gasteiger partial charge in [0, 0.05) is 0 Å². The largest absolute Gasteiger partial charge is 1.00 e. The van der Waals surface area contributed by atoms with Gasteiger partial charge in [-0.25, -0.2) is 0 Å². The molecular formula is C5H11BF3KS. The Morgan fingerprint density at radius 1 is 1.36 bits per heavy atom. The van der Waals surface area contributed by atoms with Crippen molar-refractivity contribution in [3.8, 4) is 0 Å². The zero-order chi connectivity index (χ0) is 8.20. The summed E-state index contributed by atoms with van der Waals surface area (Å²) in [6.07, 6.45) is 0.802. The fourth-order valence-electron chi connectivity index (χ4n) is 0.391. The Balaban J connectivity index is 0. The van der Waals surface area contributed by atoms with E-state index in [0.717, 1.165) is 18.2 Å². The molecule has 0 aromatic heterocycles. The predicted octanol–water partition coefficient (Wildman–Crippen LogP) is -0.0913. The molecule has 0 rings (SSSR count). The molecule has 0 bridgehead atoms. The molecule has 0 radical (unpaired) electrons. The van der Waals surface area contributed by atoms with Crippen molar-refractivity contribution >= 4 is 18.7 Å². The molecular weight excluding hydrogens is 199 g/mol. The van der Waals surface area contributed by atoms with E-state index in [1.54, 1.807) is 0 Å². The molecule has 1 atom stereocenters. The second kappa shape index (κ2) is 7.26. The molecule has 0 nitrogen and oxygen atoms in total. The third-order valence-corrected chi connectivity index (χ3v) is 2.62. The molecule has 0 saturated heterocycles. The minimum atomic E-state index is -4.58. The summed E-state index contributed by atoms with van der Waals surface area (Å²) in [6.45, 7) is -0.874. The van der Waals surface area contributed by atoms with Crippen molar-refractivity contribution < 1.29 is 64.3 Å². The SMILES string of the molecule is CCC(C)SC[B-](F)(F)F.[K+]. The Morgan fingerprint density at radius 3 is 2.09 bits per heavy atom. The summed E-state index contributed by atoms with van der Waals surface area (Å²) in [5, 5.41) is 0.128. The molecule has 6 heteroatoms. The summed E-state index contributed by atoms with van der Waals surface area (Å²) in [5.74, 6) is 0. The Morgan fingerprint density at radius 2 is 1.82 bits per heavy atom. The van der Waals surface area contributed by atoms with Crippen LogP contribution in [0.2, 0.25) is 0 Å². The Labute approximate surface area is 113 Å². The summed E-state index contributed by atoms with van der Waals surface area (Å²) in [7, 11) is 0. The summed E-state index contributed by atoms with van der Waals surface area (Å²) in [5.41, 5.74) is -0.658. The Bertz CT molecular complexity index is 98.2. The molecule has 11 heavy (non-hydrogen) atoms. The van der Waals surface area contributed by atoms with Crippen molar-refractivity contribution in [2.75, 3.05) is 5.65 Å². The molecule has 0 saturated carbocycles. The molecule has 0 aromatic rings. The first-order valence-electron chi connectivity index (χ1n) is 3.28. The molecule has 0 N–H and O–H groups in total. The first kappa shape index (κ1) is 15.3. The molecule has 0 aliphatic carbocycles. The van der Waals surface area contributed by atoms with Crippen molar-refractivity contribution in [2.24, 2.45) is 0 Å². The molecule has 0 aliphatic rings. The van der Waals surface area contributed by atoms with E-state index in [-0.39, 0.29) is 56.6 Å². The molecule has 0 fully saturated rings. The van der Waals surface area contributed by atoms with Crippen LogP contribution < -0.4 is 51.4 Å². The van der Waals surface area contributed by atoms with Gasteiger partial charge in [0.2, 0.25) is 0 Å². The fraction of sp³-hybridized carbons (Fsp3) is 1.00. The maximum Gasteiger partial charge on any atom is 1.00 e. The summed E-state index contributed by atoms with van der Waals surface area (Å²) in [6, 6.07) is 0. The molecule has 62 valence electrons. The van der Waals surface area contributed by atoms with Crippen LogP contribution in [0.25, 0.3) is 0 Å². The van der Waals surface area contributed by atoms with Crippen molar-refractivity contribution in [3.05, 3.63) is 0 Å². The quantitative estimate of drug-likeness (QED) is 0.584. The maximum atomic E-state index is 11.6. The Hall–Kier alpha value is 1.84. The number of halogens is 3. The van der Waals surface area contributed by atoms with E-state index >= 15 is 0 Å². The van der Waals surface area contributed by atoms with Crippen molar-refractivity contribution in [1.82, 2.24) is 0 Å². The van der Waals surface area contributed by atoms with Gasteiger partial charge in [-0.1, -0.05) is 13.8 Å². The van der Waals surface area contributed by atoms with Crippen LogP contribution in [-0.4, -0.2) is 17.9 Å². The number of thioether (sulfide) groups is 1. The normalized spacial score (nSPS) is 13.9. The predicted molar refractivity (Wildman–Crippen MR) is 41.3 cm³/mol. The van der Waals surface area contributed by atoms with Gasteiger partial charge in [0.25, 0.3) is 0 Å². The van der Waals surface area contributed by atoms with E-state index in [0.29, 0.717) is 0 Å². The zero-order valence-corrected chi connectivity index (χ0v) is 11.1. The first-order chi connectivity index (χ1) is 4.45. The average molecular weight is 210 g/mol. The number of rotatable bonds is 4. The van der Waals surface area contributed by atoms with Gasteiger partial charge in [-0.05, 0) is 17.3 Å². The molecule has 0 spiro atoms. The van der Waals surface area contributed by atoms with E-state index in [2.05, 4.69) is 0 Å². The second-order valence-electron chi connectivity index (χ2n) is 2.26. The van der Waals surface area contributed by atoms with Crippen molar-refractivity contribution in [1.29, 1.82) is 0 Å². The van der Waals surface area contributed by atoms with Crippen LogP contribution in [-0.2, 0) is 0 Å². The standard InChI is InChI=1S/C5H11BF3S.K/c1-3-5(2)10-4-6(7,8)9;/h5H,3-4H2,1-2H3;/q-1;+1. The van der Waals surface area contributed by atoms with Gasteiger partial charge in [0.1, 0.15) is 0 Å². The number of hydrogen-bond donors (Lipinski definition) is 0. The molecule has 0 aliphatic heterocycles. The van der Waals surface area contributed by atoms with Crippen molar-refractivity contribution in [2.45, 2.75) is 25.5 Å². The van der Waals surface area contributed by atoms with Gasteiger partial charge in [0.05, 0.1) is 0 Å². The third kappa shape index (κ3) is 11.8. The van der Waals surface area contributed by atoms with Crippen LogP contribution in [0.15, 0.2) is 0 Å². The zero-order valence-electron chi connectivity index (χ0n) is 7.11. The van der Waals surface area contributed by atoms with Gasteiger partial charge in [-0.15, -0.1) is 0 Å². The second-order valence-corrected chi connectivity index (χ2v) is 3.73. The van der Waals surface area contributed by atoms with Crippen LogP contribution in [0.3, 0.4) is 0 Å². The minimum absolute atomic E-state index is 0. The fourth-order valence-corrected chi connectivity index (χ4v) is 1.17. The van der Waals surface area contributed by atoms with E-state index < -0.39 is 12.6 Å². The van der Waals surface area contributed by atoms with Crippen molar-refractivity contribution in [3.63, 3.8) is 0 Å². The minimum Gasteiger partial charge on any atom is -0.448 e. The van der Waals surface area contributed by atoms with Gasteiger partial charge in [-0.3, -0.25) is 0 Å². The monoisotopic (exact) mass is 210 g/mol. The van der Waals surface area contributed by atoms with E-state index in [1.807, 2.05) is 13.8 Å². The Kier molecular flexibility index (Phi) is 10.1. The summed E-state index contributed by atoms with van der Waals surface area (Å²) in [4.78, 5) is 0. The van der Waals surface area contributed by atoms with Crippen LogP contribution in [0.5, 0.6) is 0 Å². The number of hydrogen-bond acceptors (Lipinski definition) is 1. The van der Waals surface area contributed by atoms with E-state index in [1.165, 1.54) is 0 Å². The summed E-state index contributed by atoms with van der Waals surface area (Å²) >= 11 is 0.986. The third-order valence-electron chi connectivity index (χ3n) is 1.14. The summed E-state index contributed by atoms with van der Waals surface area (Å²) < 4.78 is 34.8.